The molecule has 0 saturated carbocycles. The molecule has 7 nitrogen and oxygen atoms in total. The van der Waals surface area contributed by atoms with Crippen LogP contribution in [0.2, 0.25) is 0 Å². The number of rotatable bonds is 3. The van der Waals surface area contributed by atoms with Crippen LogP contribution in [0.5, 0.6) is 0 Å². The Morgan fingerprint density at radius 1 is 1.26 bits per heavy atom. The third kappa shape index (κ3) is 2.92. The zero-order chi connectivity index (χ0) is 18.4. The standard InChI is InChI=1S/C20H23N5O2/c21-20-19-18(23-16(24-19)11-25-7-1-2-17(25)26)14-4-3-13(10-15(14)22-20)12-5-8-27-9-6-12/h3-4,10,12H,1-2,5-9,11H2,(H2,21,22)(H,23,24). The fraction of sp³-hybridized carbons (Fsp3) is 0.450. The average Bonchev–Trinajstić information content (AvgIpc) is 3.29. The number of likely N-dealkylation sites (tertiary alicyclic amines) is 1. The molecule has 27 heavy (non-hydrogen) atoms. The normalized spacial score (nSPS) is 18.8. The zero-order valence-corrected chi connectivity index (χ0v) is 15.2. The molecule has 3 aromatic rings. The highest BCUT2D eigenvalue weighted by molar-refractivity contribution is 6.06. The van der Waals surface area contributed by atoms with Crippen LogP contribution in [-0.4, -0.2) is 45.5 Å². The van der Waals surface area contributed by atoms with Gasteiger partial charge in [-0.1, -0.05) is 12.1 Å². The number of anilines is 1. The summed E-state index contributed by atoms with van der Waals surface area (Å²) in [7, 11) is 0. The highest BCUT2D eigenvalue weighted by Crippen LogP contribution is 2.32. The zero-order valence-electron chi connectivity index (χ0n) is 15.2. The SMILES string of the molecule is Nc1nc2cc(C3CCOCC3)ccc2c2nc(CN3CCCC3=O)[nH]c12. The van der Waals surface area contributed by atoms with Crippen molar-refractivity contribution in [3.8, 4) is 0 Å². The van der Waals surface area contributed by atoms with Crippen LogP contribution < -0.4 is 5.73 Å². The Labute approximate surface area is 156 Å². The maximum absolute atomic E-state index is 11.9. The molecular formula is C20H23N5O2. The molecule has 140 valence electrons. The summed E-state index contributed by atoms with van der Waals surface area (Å²) in [5, 5.41) is 0.991. The van der Waals surface area contributed by atoms with Crippen molar-refractivity contribution in [3.63, 3.8) is 0 Å². The van der Waals surface area contributed by atoms with Crippen molar-refractivity contribution in [2.75, 3.05) is 25.5 Å². The van der Waals surface area contributed by atoms with E-state index in [1.54, 1.807) is 0 Å². The number of nitrogens with zero attached hydrogens (tertiary/aromatic N) is 3. The number of nitrogens with one attached hydrogen (secondary N) is 1. The Morgan fingerprint density at radius 3 is 2.89 bits per heavy atom. The van der Waals surface area contributed by atoms with E-state index in [0.717, 1.165) is 66.8 Å². The first-order valence-corrected chi connectivity index (χ1v) is 9.62. The van der Waals surface area contributed by atoms with E-state index in [-0.39, 0.29) is 5.91 Å². The van der Waals surface area contributed by atoms with E-state index in [4.69, 9.17) is 15.5 Å². The highest BCUT2D eigenvalue weighted by Gasteiger charge is 2.22. The van der Waals surface area contributed by atoms with E-state index in [1.165, 1.54) is 5.56 Å². The van der Waals surface area contributed by atoms with Crippen LogP contribution in [0, 0.1) is 0 Å². The topological polar surface area (TPSA) is 97.1 Å². The summed E-state index contributed by atoms with van der Waals surface area (Å²) >= 11 is 0. The summed E-state index contributed by atoms with van der Waals surface area (Å²) in [6.45, 7) is 2.91. The summed E-state index contributed by atoms with van der Waals surface area (Å²) in [5.41, 5.74) is 9.96. The van der Waals surface area contributed by atoms with Crippen molar-refractivity contribution in [2.45, 2.75) is 38.1 Å². The number of ether oxygens (including phenoxy) is 1. The first-order chi connectivity index (χ1) is 13.2. The summed E-state index contributed by atoms with van der Waals surface area (Å²) in [5.74, 6) is 1.91. The smallest absolute Gasteiger partial charge is 0.223 e. The first kappa shape index (κ1) is 16.5. The van der Waals surface area contributed by atoms with E-state index in [2.05, 4.69) is 28.2 Å². The van der Waals surface area contributed by atoms with Gasteiger partial charge in [0.2, 0.25) is 5.91 Å². The molecule has 0 bridgehead atoms. The fourth-order valence-electron chi connectivity index (χ4n) is 4.24. The molecule has 4 heterocycles. The molecule has 2 aliphatic heterocycles. The number of fused-ring (bicyclic) bond motifs is 3. The Morgan fingerprint density at radius 2 is 2.11 bits per heavy atom. The number of amides is 1. The van der Waals surface area contributed by atoms with Gasteiger partial charge in [0.1, 0.15) is 22.7 Å². The lowest BCUT2D eigenvalue weighted by Crippen LogP contribution is -2.24. The number of imidazole rings is 1. The van der Waals surface area contributed by atoms with Gasteiger partial charge in [0.05, 0.1) is 12.1 Å². The van der Waals surface area contributed by atoms with Crippen LogP contribution in [0.25, 0.3) is 21.9 Å². The monoisotopic (exact) mass is 365 g/mol. The van der Waals surface area contributed by atoms with Gasteiger partial charge in [-0.05, 0) is 36.8 Å². The first-order valence-electron chi connectivity index (χ1n) is 9.62. The van der Waals surface area contributed by atoms with Crippen molar-refractivity contribution in [2.24, 2.45) is 0 Å². The molecule has 3 N–H and O–H groups in total. The molecule has 7 heteroatoms. The number of benzene rings is 1. The molecule has 0 aliphatic carbocycles. The Kier molecular flexibility index (Phi) is 3.97. The van der Waals surface area contributed by atoms with Gasteiger partial charge in [-0.3, -0.25) is 4.79 Å². The lowest BCUT2D eigenvalue weighted by atomic mass is 9.91. The van der Waals surface area contributed by atoms with E-state index >= 15 is 0 Å². The number of nitrogen functional groups attached to an aromatic ring is 1. The minimum atomic E-state index is 0.188. The highest BCUT2D eigenvalue weighted by atomic mass is 16.5. The van der Waals surface area contributed by atoms with Crippen LogP contribution in [0.3, 0.4) is 0 Å². The largest absolute Gasteiger partial charge is 0.382 e. The van der Waals surface area contributed by atoms with Gasteiger partial charge < -0.3 is 20.4 Å². The molecule has 1 amide bonds. The van der Waals surface area contributed by atoms with E-state index in [1.807, 2.05) is 4.90 Å². The average molecular weight is 365 g/mol. The van der Waals surface area contributed by atoms with Crippen molar-refractivity contribution < 1.29 is 9.53 Å². The Bertz CT molecular complexity index is 1020. The summed E-state index contributed by atoms with van der Waals surface area (Å²) in [4.78, 5) is 26.4. The molecule has 0 radical (unpaired) electrons. The van der Waals surface area contributed by atoms with Gasteiger partial charge >= 0.3 is 0 Å². The molecule has 2 aromatic heterocycles. The summed E-state index contributed by atoms with van der Waals surface area (Å²) in [6, 6.07) is 6.41. The summed E-state index contributed by atoms with van der Waals surface area (Å²) < 4.78 is 5.47. The fourth-order valence-corrected chi connectivity index (χ4v) is 4.24. The van der Waals surface area contributed by atoms with Gasteiger partial charge in [0.25, 0.3) is 0 Å². The van der Waals surface area contributed by atoms with Gasteiger partial charge in [0, 0.05) is 31.6 Å². The molecule has 2 aliphatic rings. The van der Waals surface area contributed by atoms with Crippen LogP contribution in [-0.2, 0) is 16.1 Å². The van der Waals surface area contributed by atoms with Crippen molar-refractivity contribution in [1.29, 1.82) is 0 Å². The second-order valence-corrected chi connectivity index (χ2v) is 7.49. The van der Waals surface area contributed by atoms with Gasteiger partial charge in [-0.2, -0.15) is 0 Å². The number of nitrogens with two attached hydrogens (primary N) is 1. The number of hydrogen-bond acceptors (Lipinski definition) is 5. The maximum Gasteiger partial charge on any atom is 0.223 e. The van der Waals surface area contributed by atoms with Crippen LogP contribution in [0.15, 0.2) is 18.2 Å². The lowest BCUT2D eigenvalue weighted by molar-refractivity contribution is -0.128. The van der Waals surface area contributed by atoms with Crippen LogP contribution in [0.1, 0.15) is 43.0 Å². The molecule has 0 unspecified atom stereocenters. The van der Waals surface area contributed by atoms with Crippen LogP contribution in [0.4, 0.5) is 5.82 Å². The number of carbonyl (C=O) groups is 1. The van der Waals surface area contributed by atoms with Crippen molar-refractivity contribution in [1.82, 2.24) is 19.9 Å². The number of aromatic amines is 1. The second-order valence-electron chi connectivity index (χ2n) is 7.49. The quantitative estimate of drug-likeness (QED) is 0.744. The van der Waals surface area contributed by atoms with Crippen molar-refractivity contribution in [3.05, 3.63) is 29.6 Å². The summed E-state index contributed by atoms with van der Waals surface area (Å²) in [6.07, 6.45) is 3.63. The van der Waals surface area contributed by atoms with E-state index in [0.29, 0.717) is 24.7 Å². The second kappa shape index (κ2) is 6.49. The van der Waals surface area contributed by atoms with E-state index in [9.17, 15) is 4.79 Å². The molecule has 0 atom stereocenters. The molecular weight excluding hydrogens is 342 g/mol. The molecule has 2 saturated heterocycles. The van der Waals surface area contributed by atoms with Crippen molar-refractivity contribution >= 4 is 33.7 Å². The predicted molar refractivity (Wildman–Crippen MR) is 103 cm³/mol. The molecule has 2 fully saturated rings. The third-order valence-electron chi connectivity index (χ3n) is 5.73. The van der Waals surface area contributed by atoms with Gasteiger partial charge in [-0.15, -0.1) is 0 Å². The molecule has 0 spiro atoms. The Hall–Kier alpha value is -2.67. The number of pyridine rings is 1. The van der Waals surface area contributed by atoms with Gasteiger partial charge in [0.15, 0.2) is 0 Å². The number of H-pyrrole nitrogens is 1. The van der Waals surface area contributed by atoms with Gasteiger partial charge in [-0.25, -0.2) is 9.97 Å². The van der Waals surface area contributed by atoms with Crippen LogP contribution >= 0.6 is 0 Å². The number of hydrogen-bond donors (Lipinski definition) is 2. The number of aromatic nitrogens is 3. The van der Waals surface area contributed by atoms with E-state index < -0.39 is 0 Å². The lowest BCUT2D eigenvalue weighted by Gasteiger charge is -2.22. The Balaban J connectivity index is 1.54. The number of carbonyl (C=O) groups excluding carboxylic acids is 1. The third-order valence-corrected chi connectivity index (χ3v) is 5.73. The molecule has 1 aromatic carbocycles. The maximum atomic E-state index is 11.9. The minimum absolute atomic E-state index is 0.188. The predicted octanol–water partition coefficient (Wildman–Crippen LogP) is 2.71. The minimum Gasteiger partial charge on any atom is -0.382 e. The molecule has 5 rings (SSSR count).